The fourth-order valence-electron chi connectivity index (χ4n) is 2.06. The van der Waals surface area contributed by atoms with Crippen LogP contribution in [-0.2, 0) is 14.6 Å². The quantitative estimate of drug-likeness (QED) is 0.211. The van der Waals surface area contributed by atoms with E-state index in [1.807, 2.05) is 0 Å². The van der Waals surface area contributed by atoms with E-state index in [9.17, 15) is 12.8 Å². The number of hydrogen-bond donors (Lipinski definition) is 2. The Kier molecular flexibility index (Phi) is 13.6. The molecule has 0 amide bonds. The highest BCUT2D eigenvalue weighted by atomic mass is 127. The smallest absolute Gasteiger partial charge is 0.191 e. The van der Waals surface area contributed by atoms with E-state index in [0.717, 1.165) is 31.9 Å². The van der Waals surface area contributed by atoms with Crippen LogP contribution in [0, 0.1) is 5.82 Å². The summed E-state index contributed by atoms with van der Waals surface area (Å²) in [5.41, 5.74) is 0. The van der Waals surface area contributed by atoms with Crippen molar-refractivity contribution in [3.63, 3.8) is 0 Å². The highest BCUT2D eigenvalue weighted by molar-refractivity contribution is 14.0. The van der Waals surface area contributed by atoms with E-state index >= 15 is 0 Å². The standard InChI is InChI=1S/C17H28FN3O3S.HI/c1-3-4-12-24-13-7-10-20-17(19-2)21-11-14-25(22,23)16-9-6-5-8-15(16)18;/h5-6,8-9H,3-4,7,10-14H2,1-2H3,(H2,19,20,21);1H. The van der Waals surface area contributed by atoms with E-state index in [1.54, 1.807) is 7.05 Å². The largest absolute Gasteiger partial charge is 0.381 e. The predicted octanol–water partition coefficient (Wildman–Crippen LogP) is 2.59. The second-order valence-corrected chi connectivity index (χ2v) is 7.57. The number of guanidine groups is 1. The third kappa shape index (κ3) is 9.67. The van der Waals surface area contributed by atoms with E-state index in [1.165, 1.54) is 18.2 Å². The lowest BCUT2D eigenvalue weighted by Gasteiger charge is -2.12. The van der Waals surface area contributed by atoms with Gasteiger partial charge in [0.15, 0.2) is 15.8 Å². The maximum Gasteiger partial charge on any atom is 0.191 e. The van der Waals surface area contributed by atoms with Gasteiger partial charge in [0.1, 0.15) is 10.7 Å². The average Bonchev–Trinajstić information content (AvgIpc) is 2.59. The molecule has 150 valence electrons. The van der Waals surface area contributed by atoms with Crippen LogP contribution in [-0.4, -0.2) is 53.5 Å². The molecule has 0 bridgehead atoms. The summed E-state index contributed by atoms with van der Waals surface area (Å²) in [6, 6.07) is 5.39. The molecule has 9 heteroatoms. The number of ether oxygens (including phenoxy) is 1. The van der Waals surface area contributed by atoms with Gasteiger partial charge in [0, 0.05) is 33.4 Å². The van der Waals surface area contributed by atoms with E-state index < -0.39 is 15.7 Å². The van der Waals surface area contributed by atoms with Crippen LogP contribution in [0.4, 0.5) is 4.39 Å². The molecule has 0 radical (unpaired) electrons. The van der Waals surface area contributed by atoms with Crippen molar-refractivity contribution in [1.82, 2.24) is 10.6 Å². The first-order valence-electron chi connectivity index (χ1n) is 8.50. The minimum Gasteiger partial charge on any atom is -0.381 e. The molecular weight excluding hydrogens is 472 g/mol. The first-order chi connectivity index (χ1) is 12.0. The number of nitrogens with zero attached hydrogens (tertiary/aromatic N) is 1. The lowest BCUT2D eigenvalue weighted by Crippen LogP contribution is -2.40. The van der Waals surface area contributed by atoms with Crippen molar-refractivity contribution in [2.75, 3.05) is 39.1 Å². The lowest BCUT2D eigenvalue weighted by molar-refractivity contribution is 0.129. The SMILES string of the molecule is CCCCOCCCNC(=NC)NCCS(=O)(=O)c1ccccc1F.I. The first kappa shape index (κ1) is 25.1. The van der Waals surface area contributed by atoms with Gasteiger partial charge in [-0.15, -0.1) is 24.0 Å². The summed E-state index contributed by atoms with van der Waals surface area (Å²) < 4.78 is 43.4. The molecule has 1 aromatic carbocycles. The molecule has 1 rings (SSSR count). The highest BCUT2D eigenvalue weighted by Gasteiger charge is 2.18. The van der Waals surface area contributed by atoms with Gasteiger partial charge in [-0.2, -0.15) is 0 Å². The van der Waals surface area contributed by atoms with E-state index in [4.69, 9.17) is 4.74 Å². The van der Waals surface area contributed by atoms with Gasteiger partial charge < -0.3 is 15.4 Å². The van der Waals surface area contributed by atoms with Crippen molar-refractivity contribution < 1.29 is 17.5 Å². The summed E-state index contributed by atoms with van der Waals surface area (Å²) in [4.78, 5) is 3.76. The summed E-state index contributed by atoms with van der Waals surface area (Å²) in [6.45, 7) is 4.38. The first-order valence-corrected chi connectivity index (χ1v) is 10.2. The Morgan fingerprint density at radius 2 is 1.81 bits per heavy atom. The van der Waals surface area contributed by atoms with Crippen LogP contribution >= 0.6 is 24.0 Å². The zero-order chi connectivity index (χ0) is 18.5. The van der Waals surface area contributed by atoms with Gasteiger partial charge in [0.05, 0.1) is 5.75 Å². The molecule has 1 aromatic rings. The molecule has 0 aromatic heterocycles. The number of sulfone groups is 1. The molecule has 0 atom stereocenters. The number of benzene rings is 1. The van der Waals surface area contributed by atoms with Gasteiger partial charge in [-0.05, 0) is 25.0 Å². The number of aliphatic imine (C=N–C) groups is 1. The molecule has 0 aliphatic rings. The Hall–Kier alpha value is -0.940. The number of nitrogens with one attached hydrogen (secondary N) is 2. The van der Waals surface area contributed by atoms with Gasteiger partial charge >= 0.3 is 0 Å². The van der Waals surface area contributed by atoms with Crippen LogP contribution < -0.4 is 10.6 Å². The summed E-state index contributed by atoms with van der Waals surface area (Å²) >= 11 is 0. The maximum absolute atomic E-state index is 13.6. The van der Waals surface area contributed by atoms with Crippen molar-refractivity contribution in [3.8, 4) is 0 Å². The molecule has 6 nitrogen and oxygen atoms in total. The van der Waals surface area contributed by atoms with Gasteiger partial charge in [-0.1, -0.05) is 25.5 Å². The monoisotopic (exact) mass is 501 g/mol. The second kappa shape index (κ2) is 14.2. The average molecular weight is 501 g/mol. The number of hydrogen-bond acceptors (Lipinski definition) is 4. The minimum absolute atomic E-state index is 0. The molecular formula is C17H29FIN3O3S. The van der Waals surface area contributed by atoms with E-state index in [-0.39, 0.29) is 41.2 Å². The van der Waals surface area contributed by atoms with Crippen LogP contribution in [0.5, 0.6) is 0 Å². The van der Waals surface area contributed by atoms with Gasteiger partial charge in [-0.3, -0.25) is 4.99 Å². The third-order valence-electron chi connectivity index (χ3n) is 3.46. The zero-order valence-electron chi connectivity index (χ0n) is 15.3. The fraction of sp³-hybridized carbons (Fsp3) is 0.588. The highest BCUT2D eigenvalue weighted by Crippen LogP contribution is 2.14. The normalized spacial score (nSPS) is 11.7. The van der Waals surface area contributed by atoms with Gasteiger partial charge in [-0.25, -0.2) is 12.8 Å². The molecule has 0 aliphatic heterocycles. The third-order valence-corrected chi connectivity index (χ3v) is 5.20. The fourth-order valence-corrected chi connectivity index (χ4v) is 3.30. The van der Waals surface area contributed by atoms with Gasteiger partial charge in [0.2, 0.25) is 0 Å². The summed E-state index contributed by atoms with van der Waals surface area (Å²) in [5, 5.41) is 6.01. The zero-order valence-corrected chi connectivity index (χ0v) is 18.5. The lowest BCUT2D eigenvalue weighted by atomic mass is 10.3. The Balaban J connectivity index is 0.00000625. The Morgan fingerprint density at radius 1 is 1.15 bits per heavy atom. The Labute approximate surface area is 172 Å². The van der Waals surface area contributed by atoms with Crippen LogP contribution in [0.2, 0.25) is 0 Å². The minimum atomic E-state index is -3.67. The number of rotatable bonds is 11. The second-order valence-electron chi connectivity index (χ2n) is 5.49. The molecule has 0 saturated heterocycles. The van der Waals surface area contributed by atoms with E-state index in [2.05, 4.69) is 22.5 Å². The van der Waals surface area contributed by atoms with Crippen LogP contribution in [0.25, 0.3) is 0 Å². The summed E-state index contributed by atoms with van der Waals surface area (Å²) in [5.74, 6) is -0.431. The molecule has 0 aliphatic carbocycles. The molecule has 0 heterocycles. The molecule has 0 fully saturated rings. The summed E-state index contributed by atoms with van der Waals surface area (Å²) in [6.07, 6.45) is 3.01. The Morgan fingerprint density at radius 3 is 2.46 bits per heavy atom. The molecule has 2 N–H and O–H groups in total. The number of halogens is 2. The van der Waals surface area contributed by atoms with Crippen LogP contribution in [0.1, 0.15) is 26.2 Å². The van der Waals surface area contributed by atoms with Gasteiger partial charge in [0.25, 0.3) is 0 Å². The molecule has 0 spiro atoms. The van der Waals surface area contributed by atoms with E-state index in [0.29, 0.717) is 19.1 Å². The molecule has 0 saturated carbocycles. The molecule has 26 heavy (non-hydrogen) atoms. The van der Waals surface area contributed by atoms with Crippen molar-refractivity contribution in [2.24, 2.45) is 4.99 Å². The Bertz CT molecular complexity index is 642. The van der Waals surface area contributed by atoms with Crippen molar-refractivity contribution in [2.45, 2.75) is 31.1 Å². The van der Waals surface area contributed by atoms with Crippen molar-refractivity contribution >= 4 is 39.8 Å². The van der Waals surface area contributed by atoms with Crippen molar-refractivity contribution in [1.29, 1.82) is 0 Å². The predicted molar refractivity (Wildman–Crippen MR) is 114 cm³/mol. The molecule has 0 unspecified atom stereocenters. The maximum atomic E-state index is 13.6. The van der Waals surface area contributed by atoms with Crippen molar-refractivity contribution in [3.05, 3.63) is 30.1 Å². The number of unbranched alkanes of at least 4 members (excludes halogenated alkanes) is 1. The van der Waals surface area contributed by atoms with Crippen LogP contribution in [0.3, 0.4) is 0 Å². The van der Waals surface area contributed by atoms with Crippen LogP contribution in [0.15, 0.2) is 34.2 Å². The summed E-state index contributed by atoms with van der Waals surface area (Å²) in [7, 11) is -2.06. The topological polar surface area (TPSA) is 79.8 Å².